The van der Waals surface area contributed by atoms with Crippen LogP contribution < -0.4 is 5.32 Å². The Balaban J connectivity index is 1.57. The number of imidazole rings is 1. The lowest BCUT2D eigenvalue weighted by molar-refractivity contribution is -0.384. The highest BCUT2D eigenvalue weighted by molar-refractivity contribution is 5.94. The summed E-state index contributed by atoms with van der Waals surface area (Å²) < 4.78 is 1.80. The highest BCUT2D eigenvalue weighted by Gasteiger charge is 2.20. The number of non-ortho nitro benzene ring substituents is 1. The number of carboxylic acid groups (broad SMARTS) is 1. The molecular weight excluding hydrogens is 424 g/mol. The second-order valence-corrected chi connectivity index (χ2v) is 7.53. The molecule has 0 spiro atoms. The number of anilines is 1. The first-order chi connectivity index (χ1) is 15.9. The van der Waals surface area contributed by atoms with Crippen LogP contribution in [0.4, 0.5) is 11.4 Å². The molecule has 1 heterocycles. The maximum absolute atomic E-state index is 12.5. The van der Waals surface area contributed by atoms with E-state index in [-0.39, 0.29) is 24.4 Å². The van der Waals surface area contributed by atoms with E-state index in [1.165, 1.54) is 12.1 Å². The van der Waals surface area contributed by atoms with Gasteiger partial charge in [-0.25, -0.2) is 4.98 Å². The SMILES string of the molecule is O=C(O)CC(c1ccccc1)n1cnc2ccc(NC(=O)Cc3ccc([N+](=O)[O-])cc3)cc21. The van der Waals surface area contributed by atoms with Crippen LogP contribution in [0, 0.1) is 10.1 Å². The minimum atomic E-state index is -0.932. The average Bonchev–Trinajstić information content (AvgIpc) is 3.21. The minimum Gasteiger partial charge on any atom is -0.481 e. The van der Waals surface area contributed by atoms with E-state index in [1.807, 2.05) is 30.3 Å². The number of hydrogen-bond donors (Lipinski definition) is 2. The molecule has 1 atom stereocenters. The fraction of sp³-hybridized carbons (Fsp3) is 0.125. The summed E-state index contributed by atoms with van der Waals surface area (Å²) in [6, 6.07) is 19.9. The van der Waals surface area contributed by atoms with E-state index in [4.69, 9.17) is 0 Å². The summed E-state index contributed by atoms with van der Waals surface area (Å²) in [4.78, 5) is 38.7. The molecule has 3 aromatic carbocycles. The lowest BCUT2D eigenvalue weighted by atomic mass is 10.0. The van der Waals surface area contributed by atoms with E-state index < -0.39 is 16.9 Å². The number of benzene rings is 3. The van der Waals surface area contributed by atoms with Crippen molar-refractivity contribution in [3.8, 4) is 0 Å². The van der Waals surface area contributed by atoms with Crippen LogP contribution in [0.25, 0.3) is 11.0 Å². The molecule has 0 bridgehead atoms. The van der Waals surface area contributed by atoms with Gasteiger partial charge in [0.15, 0.2) is 0 Å². The van der Waals surface area contributed by atoms with Crippen LogP contribution in [-0.4, -0.2) is 31.5 Å². The van der Waals surface area contributed by atoms with E-state index in [0.29, 0.717) is 22.3 Å². The van der Waals surface area contributed by atoms with Crippen LogP contribution >= 0.6 is 0 Å². The molecule has 1 unspecified atom stereocenters. The second-order valence-electron chi connectivity index (χ2n) is 7.53. The third kappa shape index (κ3) is 5.04. The first-order valence-electron chi connectivity index (χ1n) is 10.2. The maximum atomic E-state index is 12.5. The van der Waals surface area contributed by atoms with E-state index in [1.54, 1.807) is 41.2 Å². The minimum absolute atomic E-state index is 0.0350. The average molecular weight is 444 g/mol. The number of nitrogens with one attached hydrogen (secondary N) is 1. The first-order valence-corrected chi connectivity index (χ1v) is 10.2. The fourth-order valence-electron chi connectivity index (χ4n) is 3.70. The summed E-state index contributed by atoms with van der Waals surface area (Å²) in [7, 11) is 0. The highest BCUT2D eigenvalue weighted by atomic mass is 16.6. The number of aliphatic carboxylic acids is 1. The Bertz CT molecular complexity index is 1320. The Labute approximate surface area is 188 Å². The number of carboxylic acids is 1. The predicted octanol–water partition coefficient (Wildman–Crippen LogP) is 4.19. The van der Waals surface area contributed by atoms with Crippen LogP contribution in [0.1, 0.15) is 23.6 Å². The first kappa shape index (κ1) is 21.7. The molecule has 0 aliphatic carbocycles. The van der Waals surface area contributed by atoms with E-state index in [9.17, 15) is 24.8 Å². The van der Waals surface area contributed by atoms with Crippen molar-refractivity contribution in [2.75, 3.05) is 5.32 Å². The van der Waals surface area contributed by atoms with Gasteiger partial charge < -0.3 is 15.0 Å². The zero-order valence-corrected chi connectivity index (χ0v) is 17.4. The number of amides is 1. The number of aromatic nitrogens is 2. The van der Waals surface area contributed by atoms with E-state index >= 15 is 0 Å². The van der Waals surface area contributed by atoms with E-state index in [0.717, 1.165) is 5.56 Å². The Morgan fingerprint density at radius 3 is 2.45 bits per heavy atom. The van der Waals surface area contributed by atoms with Crippen LogP contribution in [-0.2, 0) is 16.0 Å². The number of nitrogens with zero attached hydrogens (tertiary/aromatic N) is 3. The molecule has 166 valence electrons. The zero-order valence-electron chi connectivity index (χ0n) is 17.4. The molecule has 0 radical (unpaired) electrons. The summed E-state index contributed by atoms with van der Waals surface area (Å²) in [5.41, 5.74) is 3.36. The van der Waals surface area contributed by atoms with Gasteiger partial charge in [-0.05, 0) is 29.3 Å². The van der Waals surface area contributed by atoms with Gasteiger partial charge in [0, 0.05) is 17.8 Å². The summed E-state index contributed by atoms with van der Waals surface area (Å²) in [5.74, 6) is -1.21. The smallest absolute Gasteiger partial charge is 0.305 e. The molecule has 0 saturated carbocycles. The largest absolute Gasteiger partial charge is 0.481 e. The third-order valence-corrected chi connectivity index (χ3v) is 5.26. The monoisotopic (exact) mass is 444 g/mol. The Kier molecular flexibility index (Phi) is 6.12. The molecule has 0 saturated heterocycles. The number of nitro benzene ring substituents is 1. The molecule has 0 aliphatic heterocycles. The van der Waals surface area contributed by atoms with E-state index in [2.05, 4.69) is 10.3 Å². The predicted molar refractivity (Wildman–Crippen MR) is 122 cm³/mol. The molecule has 9 heteroatoms. The number of fused-ring (bicyclic) bond motifs is 1. The molecule has 33 heavy (non-hydrogen) atoms. The van der Waals surface area contributed by atoms with Gasteiger partial charge in [0.05, 0.1) is 41.2 Å². The molecule has 4 aromatic rings. The highest BCUT2D eigenvalue weighted by Crippen LogP contribution is 2.28. The Morgan fingerprint density at radius 2 is 1.79 bits per heavy atom. The van der Waals surface area contributed by atoms with Crippen molar-refractivity contribution in [2.24, 2.45) is 0 Å². The number of hydrogen-bond acceptors (Lipinski definition) is 5. The summed E-state index contributed by atoms with van der Waals surface area (Å²) in [5, 5.41) is 23.0. The lowest BCUT2D eigenvalue weighted by Gasteiger charge is -2.18. The van der Waals surface area contributed by atoms with Crippen LogP contribution in [0.5, 0.6) is 0 Å². The van der Waals surface area contributed by atoms with Gasteiger partial charge in [0.1, 0.15) is 0 Å². The number of rotatable bonds is 8. The van der Waals surface area contributed by atoms with Gasteiger partial charge in [-0.3, -0.25) is 19.7 Å². The van der Waals surface area contributed by atoms with Gasteiger partial charge in [0.2, 0.25) is 5.91 Å². The van der Waals surface area contributed by atoms with Crippen LogP contribution in [0.2, 0.25) is 0 Å². The molecule has 1 aromatic heterocycles. The van der Waals surface area contributed by atoms with Gasteiger partial charge >= 0.3 is 5.97 Å². The molecular formula is C24H20N4O5. The Morgan fingerprint density at radius 1 is 1.06 bits per heavy atom. The van der Waals surface area contributed by atoms with Gasteiger partial charge in [-0.1, -0.05) is 42.5 Å². The summed E-state index contributed by atoms with van der Waals surface area (Å²) in [6.45, 7) is 0. The van der Waals surface area contributed by atoms with Crippen LogP contribution in [0.3, 0.4) is 0 Å². The molecule has 0 fully saturated rings. The standard InChI is InChI=1S/C24H20N4O5/c29-23(12-16-6-9-19(10-7-16)28(32)33)26-18-8-11-20-22(13-18)27(15-25-20)21(14-24(30)31)17-4-2-1-3-5-17/h1-11,13,15,21H,12,14H2,(H,26,29)(H,30,31). The molecule has 4 rings (SSSR count). The van der Waals surface area contributed by atoms with Crippen molar-refractivity contribution in [2.45, 2.75) is 18.9 Å². The summed E-state index contributed by atoms with van der Waals surface area (Å²) >= 11 is 0. The van der Waals surface area contributed by atoms with Crippen molar-refractivity contribution in [3.05, 3.63) is 100 Å². The Hall–Kier alpha value is -4.53. The van der Waals surface area contributed by atoms with Crippen LogP contribution in [0.15, 0.2) is 79.1 Å². The lowest BCUT2D eigenvalue weighted by Crippen LogP contribution is -2.15. The number of carbonyl (C=O) groups excluding carboxylic acids is 1. The van der Waals surface area contributed by atoms with Gasteiger partial charge in [0.25, 0.3) is 5.69 Å². The maximum Gasteiger partial charge on any atom is 0.305 e. The number of nitro groups is 1. The molecule has 2 N–H and O–H groups in total. The molecule has 9 nitrogen and oxygen atoms in total. The van der Waals surface area contributed by atoms with Crippen molar-refractivity contribution >= 4 is 34.3 Å². The van der Waals surface area contributed by atoms with Gasteiger partial charge in [-0.15, -0.1) is 0 Å². The van der Waals surface area contributed by atoms with Gasteiger partial charge in [-0.2, -0.15) is 0 Å². The molecule has 1 amide bonds. The summed E-state index contributed by atoms with van der Waals surface area (Å²) in [6.07, 6.45) is 1.54. The van der Waals surface area contributed by atoms with Crippen molar-refractivity contribution < 1.29 is 19.6 Å². The van der Waals surface area contributed by atoms with Crippen molar-refractivity contribution in [3.63, 3.8) is 0 Å². The molecule has 0 aliphatic rings. The second kappa shape index (κ2) is 9.31. The number of carbonyl (C=O) groups is 2. The normalized spacial score (nSPS) is 11.8. The quantitative estimate of drug-likeness (QED) is 0.310. The topological polar surface area (TPSA) is 127 Å². The third-order valence-electron chi connectivity index (χ3n) is 5.26. The fourth-order valence-corrected chi connectivity index (χ4v) is 3.70. The van der Waals surface area contributed by atoms with Crippen molar-refractivity contribution in [1.82, 2.24) is 9.55 Å². The zero-order chi connectivity index (χ0) is 23.4. The van der Waals surface area contributed by atoms with Crippen molar-refractivity contribution in [1.29, 1.82) is 0 Å².